The minimum atomic E-state index is 0.218. The first kappa shape index (κ1) is 15.3. The Labute approximate surface area is 128 Å². The summed E-state index contributed by atoms with van der Waals surface area (Å²) in [7, 11) is 1.72. The van der Waals surface area contributed by atoms with Crippen LogP contribution >= 0.6 is 11.6 Å². The summed E-state index contributed by atoms with van der Waals surface area (Å²) in [5.74, 6) is 0.405. The maximum atomic E-state index is 5.84. The zero-order valence-corrected chi connectivity index (χ0v) is 12.7. The maximum absolute atomic E-state index is 5.84. The van der Waals surface area contributed by atoms with E-state index in [2.05, 4.69) is 20.3 Å². The number of nitrogens with one attached hydrogen (secondary N) is 1. The molecule has 6 nitrogen and oxygen atoms in total. The standard InChI is InChI=1S/C14H17ClN4O2/c1-3-8-20-13-17-12(16-2)18-14(19-13)21-9-10-4-6-11(15)7-5-10/h4-7H,3,8-9H2,1-2H3,(H,16,17,18,19). The van der Waals surface area contributed by atoms with E-state index in [-0.39, 0.29) is 12.0 Å². The highest BCUT2D eigenvalue weighted by molar-refractivity contribution is 6.30. The van der Waals surface area contributed by atoms with Crippen molar-refractivity contribution in [2.24, 2.45) is 0 Å². The molecular weight excluding hydrogens is 292 g/mol. The van der Waals surface area contributed by atoms with Crippen LogP contribution in [-0.2, 0) is 6.61 Å². The van der Waals surface area contributed by atoms with E-state index >= 15 is 0 Å². The average Bonchev–Trinajstić information content (AvgIpc) is 2.52. The topological polar surface area (TPSA) is 69.2 Å². The van der Waals surface area contributed by atoms with Gasteiger partial charge >= 0.3 is 12.0 Å². The molecule has 1 N–H and O–H groups in total. The zero-order chi connectivity index (χ0) is 15.1. The van der Waals surface area contributed by atoms with Gasteiger partial charge in [-0.2, -0.15) is 9.97 Å². The summed E-state index contributed by atoms with van der Waals surface area (Å²) >= 11 is 5.84. The number of benzene rings is 1. The van der Waals surface area contributed by atoms with Crippen LogP contribution < -0.4 is 14.8 Å². The van der Waals surface area contributed by atoms with Gasteiger partial charge in [-0.05, 0) is 24.1 Å². The first-order chi connectivity index (χ1) is 10.2. The minimum absolute atomic E-state index is 0.218. The Balaban J connectivity index is 2.05. The summed E-state index contributed by atoms with van der Waals surface area (Å²) in [5.41, 5.74) is 0.974. The van der Waals surface area contributed by atoms with Gasteiger partial charge in [-0.15, -0.1) is 4.98 Å². The van der Waals surface area contributed by atoms with Crippen LogP contribution in [0.2, 0.25) is 5.02 Å². The number of anilines is 1. The van der Waals surface area contributed by atoms with Crippen molar-refractivity contribution in [3.8, 4) is 12.0 Å². The summed E-state index contributed by atoms with van der Waals surface area (Å²) in [4.78, 5) is 12.4. The van der Waals surface area contributed by atoms with Gasteiger partial charge in [-0.3, -0.25) is 0 Å². The van der Waals surface area contributed by atoms with Crippen molar-refractivity contribution in [2.45, 2.75) is 20.0 Å². The molecule has 1 heterocycles. The van der Waals surface area contributed by atoms with Gasteiger partial charge < -0.3 is 14.8 Å². The highest BCUT2D eigenvalue weighted by atomic mass is 35.5. The van der Waals surface area contributed by atoms with Crippen LogP contribution in [0, 0.1) is 0 Å². The second-order valence-electron chi connectivity index (χ2n) is 4.24. The lowest BCUT2D eigenvalue weighted by molar-refractivity contribution is 0.256. The van der Waals surface area contributed by atoms with Gasteiger partial charge in [0, 0.05) is 12.1 Å². The summed E-state index contributed by atoms with van der Waals surface area (Å²) in [6.45, 7) is 2.90. The Morgan fingerprint density at radius 1 is 1.05 bits per heavy atom. The smallest absolute Gasteiger partial charge is 0.324 e. The Hall–Kier alpha value is -2.08. The fraction of sp³-hybridized carbons (Fsp3) is 0.357. The van der Waals surface area contributed by atoms with Gasteiger partial charge in [0.05, 0.1) is 6.61 Å². The van der Waals surface area contributed by atoms with Crippen molar-refractivity contribution >= 4 is 17.5 Å². The fourth-order valence-corrected chi connectivity index (χ4v) is 1.63. The van der Waals surface area contributed by atoms with Crippen LogP contribution in [0.3, 0.4) is 0 Å². The third-order valence-electron chi connectivity index (χ3n) is 2.53. The largest absolute Gasteiger partial charge is 0.463 e. The number of aromatic nitrogens is 3. The monoisotopic (exact) mass is 308 g/mol. The Bertz CT molecular complexity index is 578. The Morgan fingerprint density at radius 3 is 2.33 bits per heavy atom. The van der Waals surface area contributed by atoms with E-state index in [1.165, 1.54) is 0 Å². The molecule has 0 fully saturated rings. The number of ether oxygens (including phenoxy) is 2. The predicted molar refractivity (Wildman–Crippen MR) is 80.9 cm³/mol. The third kappa shape index (κ3) is 4.75. The van der Waals surface area contributed by atoms with Gasteiger partial charge in [0.15, 0.2) is 0 Å². The third-order valence-corrected chi connectivity index (χ3v) is 2.79. The van der Waals surface area contributed by atoms with E-state index in [0.717, 1.165) is 12.0 Å². The van der Waals surface area contributed by atoms with E-state index < -0.39 is 0 Å². The Morgan fingerprint density at radius 2 is 1.71 bits per heavy atom. The van der Waals surface area contributed by atoms with Gasteiger partial charge in [0.2, 0.25) is 5.95 Å². The normalized spacial score (nSPS) is 10.2. The number of rotatable bonds is 7. The molecule has 0 aliphatic rings. The van der Waals surface area contributed by atoms with Gasteiger partial charge in [-0.25, -0.2) is 0 Å². The quantitative estimate of drug-likeness (QED) is 0.848. The molecule has 1 aromatic heterocycles. The SMILES string of the molecule is CCCOc1nc(NC)nc(OCc2ccc(Cl)cc2)n1. The highest BCUT2D eigenvalue weighted by Gasteiger charge is 2.08. The number of hydrogen-bond donors (Lipinski definition) is 1. The molecule has 0 radical (unpaired) electrons. The summed E-state index contributed by atoms with van der Waals surface area (Å²) in [5, 5.41) is 3.54. The lowest BCUT2D eigenvalue weighted by Gasteiger charge is -2.08. The van der Waals surface area contributed by atoms with Crippen LogP contribution in [0.15, 0.2) is 24.3 Å². The number of nitrogens with zero attached hydrogens (tertiary/aromatic N) is 3. The zero-order valence-electron chi connectivity index (χ0n) is 12.0. The fourth-order valence-electron chi connectivity index (χ4n) is 1.50. The molecule has 2 aromatic rings. The molecule has 0 aliphatic heterocycles. The van der Waals surface area contributed by atoms with E-state index in [9.17, 15) is 0 Å². The molecule has 21 heavy (non-hydrogen) atoms. The molecule has 0 bridgehead atoms. The lowest BCUT2D eigenvalue weighted by Crippen LogP contribution is -2.07. The van der Waals surface area contributed by atoms with Crippen LogP contribution in [0.25, 0.3) is 0 Å². The number of hydrogen-bond acceptors (Lipinski definition) is 6. The highest BCUT2D eigenvalue weighted by Crippen LogP contribution is 2.15. The van der Waals surface area contributed by atoms with Crippen molar-refractivity contribution in [3.05, 3.63) is 34.9 Å². The molecule has 0 saturated carbocycles. The van der Waals surface area contributed by atoms with Crippen LogP contribution in [0.5, 0.6) is 12.0 Å². The van der Waals surface area contributed by atoms with E-state index in [4.69, 9.17) is 21.1 Å². The van der Waals surface area contributed by atoms with Crippen LogP contribution in [-0.4, -0.2) is 28.6 Å². The average molecular weight is 309 g/mol. The Kier molecular flexibility index (Phi) is 5.57. The number of halogens is 1. The van der Waals surface area contributed by atoms with Gasteiger partial charge in [-0.1, -0.05) is 30.7 Å². The maximum Gasteiger partial charge on any atom is 0.324 e. The van der Waals surface area contributed by atoms with Gasteiger partial charge in [0.1, 0.15) is 6.61 Å². The van der Waals surface area contributed by atoms with Crippen molar-refractivity contribution in [2.75, 3.05) is 19.0 Å². The second-order valence-corrected chi connectivity index (χ2v) is 4.67. The van der Waals surface area contributed by atoms with Crippen molar-refractivity contribution in [1.29, 1.82) is 0 Å². The van der Waals surface area contributed by atoms with E-state index in [1.54, 1.807) is 7.05 Å². The van der Waals surface area contributed by atoms with Crippen LogP contribution in [0.1, 0.15) is 18.9 Å². The molecule has 0 amide bonds. The molecule has 0 unspecified atom stereocenters. The molecule has 112 valence electrons. The second kappa shape index (κ2) is 7.64. The van der Waals surface area contributed by atoms with E-state index in [1.807, 2.05) is 31.2 Å². The lowest BCUT2D eigenvalue weighted by atomic mass is 10.2. The van der Waals surface area contributed by atoms with Crippen molar-refractivity contribution in [3.63, 3.8) is 0 Å². The first-order valence-electron chi connectivity index (χ1n) is 6.65. The van der Waals surface area contributed by atoms with Gasteiger partial charge in [0.25, 0.3) is 0 Å². The van der Waals surface area contributed by atoms with Crippen molar-refractivity contribution in [1.82, 2.24) is 15.0 Å². The molecule has 0 spiro atoms. The predicted octanol–water partition coefficient (Wildman–Crippen LogP) is 2.93. The molecular formula is C14H17ClN4O2. The summed E-state index contributed by atoms with van der Waals surface area (Å²) in [6.07, 6.45) is 0.877. The molecule has 7 heteroatoms. The minimum Gasteiger partial charge on any atom is -0.463 e. The van der Waals surface area contributed by atoms with Crippen molar-refractivity contribution < 1.29 is 9.47 Å². The first-order valence-corrected chi connectivity index (χ1v) is 7.03. The molecule has 0 atom stereocenters. The molecule has 0 aliphatic carbocycles. The summed E-state index contributed by atoms with van der Waals surface area (Å²) in [6, 6.07) is 7.86. The summed E-state index contributed by atoms with van der Waals surface area (Å²) < 4.78 is 11.0. The molecule has 2 rings (SSSR count). The van der Waals surface area contributed by atoms with E-state index in [0.29, 0.717) is 24.2 Å². The van der Waals surface area contributed by atoms with Crippen LogP contribution in [0.4, 0.5) is 5.95 Å². The molecule has 0 saturated heterocycles. The molecule has 1 aromatic carbocycles.